The van der Waals surface area contributed by atoms with Gasteiger partial charge in [0.25, 0.3) is 0 Å². The van der Waals surface area contributed by atoms with E-state index in [0.717, 1.165) is 5.69 Å². The predicted octanol–water partition coefficient (Wildman–Crippen LogP) is 1.27. The number of hydrogen-bond donors (Lipinski definition) is 1. The Kier molecular flexibility index (Phi) is 2.56. The molecule has 0 amide bonds. The number of fused-ring (bicyclic) bond motifs is 1. The molecule has 0 unspecified atom stereocenters. The van der Waals surface area contributed by atoms with Crippen LogP contribution in [0.3, 0.4) is 0 Å². The van der Waals surface area contributed by atoms with Gasteiger partial charge in [0, 0.05) is 6.20 Å². The summed E-state index contributed by atoms with van der Waals surface area (Å²) in [6.07, 6.45) is 4.41. The van der Waals surface area contributed by atoms with Crippen molar-refractivity contribution in [3.8, 4) is 0 Å². The van der Waals surface area contributed by atoms with Gasteiger partial charge in [-0.1, -0.05) is 0 Å². The fourth-order valence-electron chi connectivity index (χ4n) is 1.53. The number of rotatable bonds is 3. The quantitative estimate of drug-likeness (QED) is 0.751. The van der Waals surface area contributed by atoms with Crippen molar-refractivity contribution in [2.45, 2.75) is 6.54 Å². The molecule has 1 N–H and O–H groups in total. The Morgan fingerprint density at radius 3 is 3.06 bits per heavy atom. The summed E-state index contributed by atoms with van der Waals surface area (Å²) in [5, 5.41) is 7.11. The molecular formula is C11H9FN6. The maximum Gasteiger partial charge on any atom is 0.243 e. The van der Waals surface area contributed by atoms with Gasteiger partial charge < -0.3 is 5.32 Å². The first kappa shape index (κ1) is 10.6. The first-order chi connectivity index (χ1) is 8.81. The Balaban J connectivity index is 1.79. The summed E-state index contributed by atoms with van der Waals surface area (Å²) >= 11 is 0. The van der Waals surface area contributed by atoms with Crippen molar-refractivity contribution in [1.29, 1.82) is 0 Å². The van der Waals surface area contributed by atoms with E-state index in [0.29, 0.717) is 18.1 Å². The topological polar surface area (TPSA) is 68.0 Å². The van der Waals surface area contributed by atoms with Crippen molar-refractivity contribution in [2.24, 2.45) is 0 Å². The van der Waals surface area contributed by atoms with Gasteiger partial charge in [0.05, 0.1) is 18.4 Å². The highest BCUT2D eigenvalue weighted by molar-refractivity contribution is 5.43. The average Bonchev–Trinajstić information content (AvgIpc) is 2.79. The Labute approximate surface area is 102 Å². The number of anilines is 1. The van der Waals surface area contributed by atoms with Crippen molar-refractivity contribution < 1.29 is 4.39 Å². The lowest BCUT2D eigenvalue weighted by Gasteiger charge is -1.99. The molecule has 18 heavy (non-hydrogen) atoms. The molecule has 3 aromatic rings. The molecule has 7 heteroatoms. The van der Waals surface area contributed by atoms with Crippen molar-refractivity contribution in [3.63, 3.8) is 0 Å². The van der Waals surface area contributed by atoms with E-state index >= 15 is 0 Å². The SMILES string of the molecule is Fc1ccc2nc(NCc3ccncn3)nn2c1. The molecule has 0 bridgehead atoms. The number of aromatic nitrogens is 5. The monoisotopic (exact) mass is 244 g/mol. The van der Waals surface area contributed by atoms with Gasteiger partial charge >= 0.3 is 0 Å². The zero-order chi connectivity index (χ0) is 12.4. The van der Waals surface area contributed by atoms with Gasteiger partial charge in [-0.3, -0.25) is 0 Å². The van der Waals surface area contributed by atoms with Gasteiger partial charge in [-0.15, -0.1) is 5.10 Å². The Morgan fingerprint density at radius 2 is 2.22 bits per heavy atom. The van der Waals surface area contributed by atoms with Gasteiger partial charge in [0.2, 0.25) is 5.95 Å². The van der Waals surface area contributed by atoms with Crippen LogP contribution in [-0.4, -0.2) is 24.6 Å². The van der Waals surface area contributed by atoms with Crippen LogP contribution < -0.4 is 5.32 Å². The summed E-state index contributed by atoms with van der Waals surface area (Å²) in [6.45, 7) is 0.488. The van der Waals surface area contributed by atoms with E-state index in [1.807, 2.05) is 0 Å². The largest absolute Gasteiger partial charge is 0.347 e. The Bertz CT molecular complexity index is 666. The highest BCUT2D eigenvalue weighted by Gasteiger charge is 2.04. The molecule has 3 rings (SSSR count). The van der Waals surface area contributed by atoms with Gasteiger partial charge in [-0.2, -0.15) is 4.98 Å². The van der Waals surface area contributed by atoms with Crippen LogP contribution >= 0.6 is 0 Å². The lowest BCUT2D eigenvalue weighted by atomic mass is 10.4. The third kappa shape index (κ3) is 2.10. The number of pyridine rings is 1. The highest BCUT2D eigenvalue weighted by Crippen LogP contribution is 2.07. The molecule has 0 radical (unpaired) electrons. The maximum atomic E-state index is 13.0. The minimum atomic E-state index is -0.352. The van der Waals surface area contributed by atoms with E-state index < -0.39 is 0 Å². The van der Waals surface area contributed by atoms with Crippen molar-refractivity contribution in [3.05, 3.63) is 48.4 Å². The molecule has 0 atom stereocenters. The summed E-state index contributed by atoms with van der Waals surface area (Å²) in [6, 6.07) is 4.71. The fourth-order valence-corrected chi connectivity index (χ4v) is 1.53. The van der Waals surface area contributed by atoms with Crippen molar-refractivity contribution in [1.82, 2.24) is 24.6 Å². The molecule has 0 saturated carbocycles. The fraction of sp³-hybridized carbons (Fsp3) is 0.0909. The van der Waals surface area contributed by atoms with Crippen LogP contribution in [0, 0.1) is 5.82 Å². The van der Waals surface area contributed by atoms with Crippen LogP contribution in [0.4, 0.5) is 10.3 Å². The predicted molar refractivity (Wildman–Crippen MR) is 62.3 cm³/mol. The van der Waals surface area contributed by atoms with Crippen molar-refractivity contribution >= 4 is 11.6 Å². The summed E-state index contributed by atoms with van der Waals surface area (Å²) in [4.78, 5) is 12.1. The van der Waals surface area contributed by atoms with Crippen LogP contribution in [0.5, 0.6) is 0 Å². The standard InChI is InChI=1S/C11H9FN6/c12-8-1-2-10-16-11(17-18(10)6-8)14-5-9-3-4-13-7-15-9/h1-4,6-7H,5H2,(H,14,17). The molecule has 3 heterocycles. The minimum Gasteiger partial charge on any atom is -0.347 e. The van der Waals surface area contributed by atoms with E-state index in [4.69, 9.17) is 0 Å². The van der Waals surface area contributed by atoms with Crippen LogP contribution in [-0.2, 0) is 6.54 Å². The average molecular weight is 244 g/mol. The van der Waals surface area contributed by atoms with E-state index in [1.54, 1.807) is 18.3 Å². The molecular weight excluding hydrogens is 235 g/mol. The Morgan fingerprint density at radius 1 is 1.28 bits per heavy atom. The van der Waals surface area contributed by atoms with Crippen LogP contribution in [0.2, 0.25) is 0 Å². The first-order valence-corrected chi connectivity index (χ1v) is 5.32. The second kappa shape index (κ2) is 4.36. The molecule has 0 spiro atoms. The second-order valence-electron chi connectivity index (χ2n) is 3.64. The molecule has 0 fully saturated rings. The lowest BCUT2D eigenvalue weighted by Crippen LogP contribution is -2.03. The number of hydrogen-bond acceptors (Lipinski definition) is 5. The molecule has 0 aromatic carbocycles. The smallest absolute Gasteiger partial charge is 0.243 e. The number of nitrogens with one attached hydrogen (secondary N) is 1. The summed E-state index contributed by atoms with van der Waals surface area (Å²) in [5.41, 5.74) is 1.41. The Hall–Kier alpha value is -2.57. The molecule has 3 aromatic heterocycles. The van der Waals surface area contributed by atoms with Gasteiger partial charge in [-0.25, -0.2) is 18.9 Å². The van der Waals surface area contributed by atoms with Gasteiger partial charge in [0.15, 0.2) is 5.65 Å². The van der Waals surface area contributed by atoms with E-state index in [9.17, 15) is 4.39 Å². The summed E-state index contributed by atoms with van der Waals surface area (Å²) < 4.78 is 14.4. The van der Waals surface area contributed by atoms with E-state index in [2.05, 4.69) is 25.4 Å². The molecule has 0 aliphatic rings. The van der Waals surface area contributed by atoms with E-state index in [1.165, 1.54) is 23.1 Å². The molecule has 0 saturated heterocycles. The summed E-state index contributed by atoms with van der Waals surface area (Å²) in [5.74, 6) is 0.0777. The van der Waals surface area contributed by atoms with E-state index in [-0.39, 0.29) is 5.82 Å². The third-order valence-corrected chi connectivity index (χ3v) is 2.37. The van der Waals surface area contributed by atoms with Gasteiger partial charge in [-0.05, 0) is 18.2 Å². The molecule has 6 nitrogen and oxygen atoms in total. The molecule has 0 aliphatic carbocycles. The zero-order valence-electron chi connectivity index (χ0n) is 9.29. The third-order valence-electron chi connectivity index (χ3n) is 2.37. The number of nitrogens with zero attached hydrogens (tertiary/aromatic N) is 5. The second-order valence-corrected chi connectivity index (χ2v) is 3.64. The van der Waals surface area contributed by atoms with Crippen LogP contribution in [0.25, 0.3) is 5.65 Å². The van der Waals surface area contributed by atoms with Crippen LogP contribution in [0.1, 0.15) is 5.69 Å². The minimum absolute atomic E-state index is 0.352. The highest BCUT2D eigenvalue weighted by atomic mass is 19.1. The molecule has 90 valence electrons. The van der Waals surface area contributed by atoms with Gasteiger partial charge in [0.1, 0.15) is 12.1 Å². The zero-order valence-corrected chi connectivity index (χ0v) is 9.29. The summed E-state index contributed by atoms with van der Waals surface area (Å²) in [7, 11) is 0. The first-order valence-electron chi connectivity index (χ1n) is 5.32. The lowest BCUT2D eigenvalue weighted by molar-refractivity contribution is 0.615. The number of halogens is 1. The normalized spacial score (nSPS) is 10.7. The van der Waals surface area contributed by atoms with Crippen LogP contribution in [0.15, 0.2) is 36.9 Å². The molecule has 0 aliphatic heterocycles. The van der Waals surface area contributed by atoms with Crippen molar-refractivity contribution in [2.75, 3.05) is 5.32 Å². The maximum absolute atomic E-state index is 13.0.